The van der Waals surface area contributed by atoms with Crippen LogP contribution in [0.5, 0.6) is 0 Å². The molecule has 0 saturated heterocycles. The van der Waals surface area contributed by atoms with Crippen LogP contribution in [-0.4, -0.2) is 15.0 Å². The van der Waals surface area contributed by atoms with Crippen molar-refractivity contribution in [2.45, 2.75) is 0 Å². The molecule has 0 bridgehead atoms. The number of benzene rings is 1. The van der Waals surface area contributed by atoms with Crippen molar-refractivity contribution in [1.29, 1.82) is 0 Å². The second-order valence-electron chi connectivity index (χ2n) is 2.87. The molecule has 0 amide bonds. The third-order valence-electron chi connectivity index (χ3n) is 1.96. The van der Waals surface area contributed by atoms with E-state index >= 15 is 0 Å². The van der Waals surface area contributed by atoms with Crippen LogP contribution in [0.4, 0.5) is 11.4 Å². The van der Waals surface area contributed by atoms with Crippen LogP contribution in [0.3, 0.4) is 0 Å². The van der Waals surface area contributed by atoms with Crippen molar-refractivity contribution >= 4 is 34.0 Å². The fourth-order valence-electron chi connectivity index (χ4n) is 1.26. The summed E-state index contributed by atoms with van der Waals surface area (Å²) in [7, 11) is 0. The summed E-state index contributed by atoms with van der Waals surface area (Å²) in [5.74, 6) is 0. The number of hydrogen-bond acceptors (Lipinski definition) is 7. The van der Waals surface area contributed by atoms with E-state index in [4.69, 9.17) is 11.6 Å². The number of hydrogen-bond donors (Lipinski definition) is 0. The third kappa shape index (κ3) is 1.50. The minimum absolute atomic E-state index is 0.233. The molecule has 0 aliphatic heterocycles. The Bertz CT molecular complexity index is 651. The topological polar surface area (TPSA) is 139 Å². The Kier molecular flexibility index (Phi) is 2.28. The van der Waals surface area contributed by atoms with Crippen molar-refractivity contribution in [3.8, 4) is 0 Å². The van der Waals surface area contributed by atoms with E-state index in [0.29, 0.717) is 6.07 Å². The molecule has 10 nitrogen and oxygen atoms in total. The lowest BCUT2D eigenvalue weighted by Gasteiger charge is -1.95. The van der Waals surface area contributed by atoms with Crippen molar-refractivity contribution < 1.29 is 19.4 Å². The van der Waals surface area contributed by atoms with E-state index in [-0.39, 0.29) is 4.90 Å². The average Bonchev–Trinajstić information content (AvgIpc) is 2.61. The fraction of sp³-hybridized carbons (Fsp3) is 0. The zero-order valence-electron chi connectivity index (χ0n) is 7.69. The quantitative estimate of drug-likeness (QED) is 0.444. The molecule has 1 heterocycles. The lowest BCUT2D eigenvalue weighted by Crippen LogP contribution is -2.23. The molecule has 11 heteroatoms. The molecule has 0 aliphatic carbocycles. The first-order valence-electron chi connectivity index (χ1n) is 3.94. The molecule has 0 aliphatic rings. The van der Waals surface area contributed by atoms with Crippen LogP contribution in [0.1, 0.15) is 0 Å². The van der Waals surface area contributed by atoms with Gasteiger partial charge < -0.3 is 5.21 Å². The molecule has 0 N–H and O–H groups in total. The Morgan fingerprint density at radius 2 is 1.88 bits per heavy atom. The fourth-order valence-corrected chi connectivity index (χ4v) is 1.51. The van der Waals surface area contributed by atoms with Gasteiger partial charge in [-0.2, -0.15) is 0 Å². The van der Waals surface area contributed by atoms with E-state index in [1.807, 2.05) is 0 Å². The van der Waals surface area contributed by atoms with Crippen molar-refractivity contribution in [1.82, 2.24) is 5.16 Å². The largest absolute Gasteiger partial charge is 0.359 e. The van der Waals surface area contributed by atoms with Crippen molar-refractivity contribution in [2.75, 3.05) is 0 Å². The highest BCUT2D eigenvalue weighted by atomic mass is 35.5. The summed E-state index contributed by atoms with van der Waals surface area (Å²) in [6, 6.07) is 0.580. The van der Waals surface area contributed by atoms with E-state index < -0.39 is 37.3 Å². The number of rotatable bonds is 2. The normalized spacial score (nSPS) is 10.6. The average molecular weight is 261 g/mol. The van der Waals surface area contributed by atoms with Gasteiger partial charge in [-0.05, 0) is 4.90 Å². The number of nitro groups is 2. The van der Waals surface area contributed by atoms with E-state index in [2.05, 4.69) is 9.79 Å². The summed E-state index contributed by atoms with van der Waals surface area (Å²) in [5.41, 5.74) is -2.51. The molecule has 1 aromatic heterocycles. The van der Waals surface area contributed by atoms with Gasteiger partial charge >= 0.3 is 11.2 Å². The Morgan fingerprint density at radius 3 is 2.41 bits per heavy atom. The molecule has 88 valence electrons. The molecule has 17 heavy (non-hydrogen) atoms. The second-order valence-corrected chi connectivity index (χ2v) is 3.25. The smallest absolute Gasteiger partial charge is 0.331 e. The molecular formula is C6HClN4O6. The molecule has 1 aromatic carbocycles. The Hall–Kier alpha value is -2.49. The molecule has 0 radical (unpaired) electrons. The van der Waals surface area contributed by atoms with Crippen molar-refractivity contribution in [2.24, 2.45) is 0 Å². The third-order valence-corrected chi connectivity index (χ3v) is 2.33. The van der Waals surface area contributed by atoms with Crippen LogP contribution < -0.4 is 4.90 Å². The highest BCUT2D eigenvalue weighted by Crippen LogP contribution is 2.36. The summed E-state index contributed by atoms with van der Waals surface area (Å²) >= 11 is 5.59. The number of aromatic nitrogens is 2. The Morgan fingerprint density at radius 1 is 1.29 bits per heavy atom. The molecule has 0 saturated carbocycles. The molecule has 0 spiro atoms. The summed E-state index contributed by atoms with van der Waals surface area (Å²) in [4.78, 5) is 19.2. The van der Waals surface area contributed by atoms with E-state index in [1.54, 1.807) is 0 Å². The first kappa shape index (κ1) is 11.0. The maximum atomic E-state index is 11.1. The minimum atomic E-state index is -0.961. The summed E-state index contributed by atoms with van der Waals surface area (Å²) in [5, 5.41) is 35.0. The van der Waals surface area contributed by atoms with Gasteiger partial charge in [0.2, 0.25) is 0 Å². The van der Waals surface area contributed by atoms with E-state index in [0.717, 1.165) is 0 Å². The van der Waals surface area contributed by atoms with Crippen LogP contribution in [0, 0.1) is 25.4 Å². The van der Waals surface area contributed by atoms with E-state index in [1.165, 1.54) is 0 Å². The second kappa shape index (κ2) is 3.52. The van der Waals surface area contributed by atoms with Gasteiger partial charge in [0.05, 0.1) is 9.85 Å². The minimum Gasteiger partial charge on any atom is -0.359 e. The van der Waals surface area contributed by atoms with Gasteiger partial charge in [0.1, 0.15) is 6.07 Å². The number of nitro benzene ring substituents is 2. The maximum Gasteiger partial charge on any atom is 0.331 e. The van der Waals surface area contributed by atoms with Gasteiger partial charge in [0, 0.05) is 5.16 Å². The number of halogens is 1. The standard InChI is InChI=1S/C6HClN4O6/c7-4-2(9(12)13)1-3(10(14)15)6-5(4)8-17-11(6)16/h1H. The first-order valence-corrected chi connectivity index (χ1v) is 4.32. The highest BCUT2D eigenvalue weighted by Gasteiger charge is 2.33. The van der Waals surface area contributed by atoms with Crippen LogP contribution in [-0.2, 0) is 0 Å². The molecular weight excluding hydrogens is 260 g/mol. The van der Waals surface area contributed by atoms with E-state index in [9.17, 15) is 25.4 Å². The zero-order valence-corrected chi connectivity index (χ0v) is 8.45. The van der Waals surface area contributed by atoms with Gasteiger partial charge in [-0.1, -0.05) is 11.6 Å². The first-order chi connectivity index (χ1) is 7.93. The Labute approximate surface area is 95.8 Å². The zero-order chi connectivity index (χ0) is 12.7. The summed E-state index contributed by atoms with van der Waals surface area (Å²) in [6.45, 7) is 0. The summed E-state index contributed by atoms with van der Waals surface area (Å²) in [6.07, 6.45) is 0. The van der Waals surface area contributed by atoms with Gasteiger partial charge in [0.25, 0.3) is 11.2 Å². The van der Waals surface area contributed by atoms with Crippen molar-refractivity contribution in [3.05, 3.63) is 36.5 Å². The van der Waals surface area contributed by atoms with Crippen molar-refractivity contribution in [3.63, 3.8) is 0 Å². The van der Waals surface area contributed by atoms with Gasteiger partial charge in [-0.3, -0.25) is 24.9 Å². The molecule has 0 fully saturated rings. The predicted molar refractivity (Wildman–Crippen MR) is 51.3 cm³/mol. The monoisotopic (exact) mass is 260 g/mol. The summed E-state index contributed by atoms with van der Waals surface area (Å²) < 4.78 is 4.12. The van der Waals surface area contributed by atoms with Crippen LogP contribution >= 0.6 is 11.6 Å². The van der Waals surface area contributed by atoms with Crippen LogP contribution in [0.25, 0.3) is 11.0 Å². The lowest BCUT2D eigenvalue weighted by molar-refractivity contribution is -0.783. The number of fused-ring (bicyclic) bond motifs is 1. The lowest BCUT2D eigenvalue weighted by atomic mass is 10.2. The van der Waals surface area contributed by atoms with Crippen LogP contribution in [0.15, 0.2) is 10.7 Å². The van der Waals surface area contributed by atoms with Gasteiger partial charge in [0.15, 0.2) is 5.02 Å². The Balaban J connectivity index is 2.96. The number of nitrogens with zero attached hydrogens (tertiary/aromatic N) is 4. The molecule has 0 atom stereocenters. The predicted octanol–water partition coefficient (Wildman–Crippen LogP) is 0.931. The van der Waals surface area contributed by atoms with Gasteiger partial charge in [-0.15, -0.1) is 0 Å². The van der Waals surface area contributed by atoms with Crippen LogP contribution in [0.2, 0.25) is 5.02 Å². The molecule has 0 unspecified atom stereocenters. The SMILES string of the molecule is O=[N+]([O-])c1cc([N+](=O)[O-])c2c(no[n+]2[O-])c1Cl. The van der Waals surface area contributed by atoms with Gasteiger partial charge in [-0.25, -0.2) is 0 Å². The molecule has 2 aromatic rings. The molecule has 2 rings (SSSR count). The highest BCUT2D eigenvalue weighted by molar-refractivity contribution is 6.37. The number of non-ortho nitro benzene ring substituents is 1. The maximum absolute atomic E-state index is 11.1.